The van der Waals surface area contributed by atoms with Gasteiger partial charge in [-0.25, -0.2) is 8.42 Å². The molecule has 0 saturated heterocycles. The number of ether oxygens (including phenoxy) is 2. The molecule has 35 heavy (non-hydrogen) atoms. The topological polar surface area (TPSA) is 74.6 Å². The van der Waals surface area contributed by atoms with Crippen LogP contribution in [0.15, 0.2) is 75.4 Å². The van der Waals surface area contributed by atoms with E-state index >= 15 is 0 Å². The lowest BCUT2D eigenvalue weighted by Crippen LogP contribution is -2.20. The first-order valence-electron chi connectivity index (χ1n) is 11.4. The lowest BCUT2D eigenvalue weighted by molar-refractivity contribution is 0.355. The van der Waals surface area contributed by atoms with E-state index in [1.165, 1.54) is 20.4 Å². The minimum absolute atomic E-state index is 0.0879. The average molecular weight is 492 g/mol. The van der Waals surface area contributed by atoms with E-state index < -0.39 is 15.3 Å². The second kappa shape index (κ2) is 9.58. The van der Waals surface area contributed by atoms with Crippen LogP contribution in [0, 0.1) is 13.8 Å². The Balaban J connectivity index is 2.02. The highest BCUT2D eigenvalue weighted by Gasteiger charge is 2.25. The number of hydrogen-bond acceptors (Lipinski definition) is 5. The van der Waals surface area contributed by atoms with E-state index in [9.17, 15) is 13.2 Å². The van der Waals surface area contributed by atoms with Crippen LogP contribution in [0.25, 0.3) is 10.9 Å². The molecule has 7 heteroatoms. The molecular formula is C28H29NO5S. The Morgan fingerprint density at radius 2 is 1.54 bits per heavy atom. The molecule has 0 radical (unpaired) electrons. The van der Waals surface area contributed by atoms with Gasteiger partial charge in [-0.05, 0) is 55.2 Å². The molecule has 0 N–H and O–H groups in total. The zero-order valence-corrected chi connectivity index (χ0v) is 21.4. The first-order chi connectivity index (χ1) is 16.7. The maximum atomic E-state index is 13.6. The minimum atomic E-state index is -4.06. The lowest BCUT2D eigenvalue weighted by Gasteiger charge is -2.17. The number of fused-ring (bicyclic) bond motifs is 1. The van der Waals surface area contributed by atoms with Crippen molar-refractivity contribution in [1.82, 2.24) is 4.57 Å². The third-order valence-electron chi connectivity index (χ3n) is 6.33. The molecule has 0 aliphatic carbocycles. The molecule has 1 heterocycles. The van der Waals surface area contributed by atoms with E-state index in [-0.39, 0.29) is 15.2 Å². The average Bonchev–Trinajstić information content (AvgIpc) is 2.86. The van der Waals surface area contributed by atoms with Gasteiger partial charge in [-0.2, -0.15) is 0 Å². The van der Waals surface area contributed by atoms with Crippen molar-refractivity contribution in [1.29, 1.82) is 0 Å². The van der Waals surface area contributed by atoms with E-state index in [0.29, 0.717) is 23.6 Å². The van der Waals surface area contributed by atoms with Gasteiger partial charge in [-0.1, -0.05) is 42.8 Å². The summed E-state index contributed by atoms with van der Waals surface area (Å²) in [5.41, 5.74) is 4.21. The summed E-state index contributed by atoms with van der Waals surface area (Å²) >= 11 is 0. The molecule has 182 valence electrons. The van der Waals surface area contributed by atoms with Crippen LogP contribution in [-0.2, 0) is 22.8 Å². The van der Waals surface area contributed by atoms with Gasteiger partial charge in [0.15, 0.2) is 11.5 Å². The third kappa shape index (κ3) is 4.56. The Kier molecular flexibility index (Phi) is 6.72. The zero-order valence-electron chi connectivity index (χ0n) is 20.6. The van der Waals surface area contributed by atoms with Gasteiger partial charge in [0.2, 0.25) is 15.3 Å². The quantitative estimate of drug-likeness (QED) is 0.360. The fourth-order valence-corrected chi connectivity index (χ4v) is 5.57. The molecular weight excluding hydrogens is 462 g/mol. The molecule has 0 amide bonds. The van der Waals surface area contributed by atoms with Crippen molar-refractivity contribution in [3.63, 3.8) is 0 Å². The van der Waals surface area contributed by atoms with E-state index in [1.807, 2.05) is 32.9 Å². The highest BCUT2D eigenvalue weighted by Crippen LogP contribution is 2.32. The SMILES string of the molecule is CCc1ccc(S(=O)(=O)c2cn(Cc3cc(C)ccc3C)c3cc(OC)c(OC)cc3c2=O)cc1. The van der Waals surface area contributed by atoms with Gasteiger partial charge in [-0.15, -0.1) is 0 Å². The van der Waals surface area contributed by atoms with E-state index in [0.717, 1.165) is 28.7 Å². The van der Waals surface area contributed by atoms with Crippen molar-refractivity contribution in [2.45, 2.75) is 43.5 Å². The van der Waals surface area contributed by atoms with Gasteiger partial charge >= 0.3 is 0 Å². The number of benzene rings is 3. The summed E-state index contributed by atoms with van der Waals surface area (Å²) in [6.45, 7) is 6.41. The van der Waals surface area contributed by atoms with Crippen molar-refractivity contribution in [2.75, 3.05) is 14.2 Å². The normalized spacial score (nSPS) is 11.6. The molecule has 4 aromatic rings. The second-order valence-electron chi connectivity index (χ2n) is 8.61. The number of hydrogen-bond donors (Lipinski definition) is 0. The fraction of sp³-hybridized carbons (Fsp3) is 0.250. The molecule has 0 spiro atoms. The fourth-order valence-electron chi connectivity index (χ4n) is 4.20. The number of pyridine rings is 1. The summed E-state index contributed by atoms with van der Waals surface area (Å²) in [4.78, 5) is 13.4. The molecule has 0 atom stereocenters. The van der Waals surface area contributed by atoms with E-state index in [4.69, 9.17) is 9.47 Å². The van der Waals surface area contributed by atoms with Crippen LogP contribution < -0.4 is 14.9 Å². The highest BCUT2D eigenvalue weighted by molar-refractivity contribution is 7.91. The van der Waals surface area contributed by atoms with Crippen LogP contribution in [0.5, 0.6) is 11.5 Å². The van der Waals surface area contributed by atoms with Gasteiger partial charge < -0.3 is 14.0 Å². The Morgan fingerprint density at radius 3 is 2.17 bits per heavy atom. The van der Waals surface area contributed by atoms with Gasteiger partial charge in [-0.3, -0.25) is 4.79 Å². The first kappa shape index (κ1) is 24.5. The number of rotatable bonds is 7. The lowest BCUT2D eigenvalue weighted by atomic mass is 10.1. The first-order valence-corrected chi connectivity index (χ1v) is 12.9. The van der Waals surface area contributed by atoms with E-state index in [2.05, 4.69) is 6.07 Å². The Morgan fingerprint density at radius 1 is 0.886 bits per heavy atom. The van der Waals surface area contributed by atoms with Gasteiger partial charge in [0.25, 0.3) is 0 Å². The summed E-state index contributed by atoms with van der Waals surface area (Å²) in [5.74, 6) is 0.817. The van der Waals surface area contributed by atoms with Gasteiger partial charge in [0.1, 0.15) is 4.90 Å². The summed E-state index contributed by atoms with van der Waals surface area (Å²) < 4.78 is 39.9. The number of aryl methyl sites for hydroxylation is 3. The summed E-state index contributed by atoms with van der Waals surface area (Å²) in [5, 5.41) is 0.249. The zero-order chi connectivity index (χ0) is 25.3. The number of sulfone groups is 1. The smallest absolute Gasteiger partial charge is 0.211 e. The molecule has 0 aliphatic heterocycles. The molecule has 0 fully saturated rings. The Bertz CT molecular complexity index is 1570. The molecule has 1 aromatic heterocycles. The van der Waals surface area contributed by atoms with Crippen LogP contribution in [0.2, 0.25) is 0 Å². The predicted molar refractivity (Wildman–Crippen MR) is 138 cm³/mol. The summed E-state index contributed by atoms with van der Waals surface area (Å²) in [7, 11) is -1.06. The standard InChI is InChI=1S/C28H29NO5S/c1-6-20-9-11-22(12-10-20)35(31,32)27-17-29(16-21-13-18(2)7-8-19(21)3)24-15-26(34-5)25(33-4)14-23(24)28(27)30/h7-15,17H,6,16H2,1-5H3. The van der Waals surface area contributed by atoms with Crippen LogP contribution in [0.1, 0.15) is 29.2 Å². The molecule has 0 aliphatic rings. The van der Waals surface area contributed by atoms with Crippen molar-refractivity contribution in [2.24, 2.45) is 0 Å². The molecule has 0 saturated carbocycles. The van der Waals surface area contributed by atoms with Crippen molar-refractivity contribution in [3.05, 3.63) is 93.3 Å². The van der Waals surface area contributed by atoms with Gasteiger partial charge in [0.05, 0.1) is 30.0 Å². The molecule has 4 rings (SSSR count). The highest BCUT2D eigenvalue weighted by atomic mass is 32.2. The third-order valence-corrected chi connectivity index (χ3v) is 8.09. The Labute approximate surface area is 205 Å². The molecule has 6 nitrogen and oxygen atoms in total. The number of methoxy groups -OCH3 is 2. The molecule has 0 bridgehead atoms. The maximum absolute atomic E-state index is 13.6. The predicted octanol–water partition coefficient (Wildman–Crippen LogP) is 5.08. The maximum Gasteiger partial charge on any atom is 0.211 e. The second-order valence-corrected chi connectivity index (χ2v) is 10.5. The summed E-state index contributed by atoms with van der Waals surface area (Å²) in [6.07, 6.45) is 2.24. The molecule has 0 unspecified atom stereocenters. The van der Waals surface area contributed by atoms with Crippen LogP contribution >= 0.6 is 0 Å². The molecule has 3 aromatic carbocycles. The van der Waals surface area contributed by atoms with E-state index in [1.54, 1.807) is 41.0 Å². The largest absolute Gasteiger partial charge is 0.493 e. The van der Waals surface area contributed by atoms with Crippen molar-refractivity contribution >= 4 is 20.7 Å². The number of aromatic nitrogens is 1. The van der Waals surface area contributed by atoms with Crippen molar-refractivity contribution in [3.8, 4) is 11.5 Å². The van der Waals surface area contributed by atoms with Crippen LogP contribution in [0.4, 0.5) is 0 Å². The van der Waals surface area contributed by atoms with Crippen LogP contribution in [0.3, 0.4) is 0 Å². The monoisotopic (exact) mass is 491 g/mol. The van der Waals surface area contributed by atoms with Gasteiger partial charge in [0, 0.05) is 18.8 Å². The summed E-state index contributed by atoms with van der Waals surface area (Å²) in [6, 6.07) is 16.1. The number of nitrogens with zero attached hydrogens (tertiary/aromatic N) is 1. The van der Waals surface area contributed by atoms with Crippen molar-refractivity contribution < 1.29 is 17.9 Å². The Hall–Kier alpha value is -3.58. The minimum Gasteiger partial charge on any atom is -0.493 e. The van der Waals surface area contributed by atoms with Crippen LogP contribution in [-0.4, -0.2) is 27.2 Å².